The highest BCUT2D eigenvalue weighted by Crippen LogP contribution is 2.20. The second-order valence-corrected chi connectivity index (χ2v) is 3.71. The van der Waals surface area contributed by atoms with Crippen molar-refractivity contribution in [3.8, 4) is 5.75 Å². The number of fused-ring (bicyclic) bond motifs is 1. The number of phenols is 1. The van der Waals surface area contributed by atoms with Crippen LogP contribution in [0.3, 0.4) is 0 Å². The van der Waals surface area contributed by atoms with Crippen molar-refractivity contribution in [1.82, 2.24) is 4.98 Å². The quantitative estimate of drug-likeness (QED) is 0.615. The molecule has 0 aliphatic rings. The molecule has 84 valence electrons. The van der Waals surface area contributed by atoms with Crippen LogP contribution in [0.15, 0.2) is 24.3 Å². The van der Waals surface area contributed by atoms with Crippen molar-refractivity contribution in [3.05, 3.63) is 30.0 Å². The van der Waals surface area contributed by atoms with E-state index in [1.807, 2.05) is 0 Å². The number of rotatable bonds is 3. The first-order valence-corrected chi connectivity index (χ1v) is 4.85. The number of hydrogen-bond acceptors (Lipinski definition) is 3. The standard InChI is InChI=1S/C11H12N2O3/c12-9(11(15)16)5-7-3-6-4-8(14)1-2-10(6)13-7/h1-4,9,13-14H,5,12H2,(H,15,16). The Morgan fingerprint density at radius 1 is 1.44 bits per heavy atom. The molecule has 0 saturated carbocycles. The van der Waals surface area contributed by atoms with Crippen LogP contribution in [0.4, 0.5) is 0 Å². The number of H-pyrrole nitrogens is 1. The lowest BCUT2D eigenvalue weighted by Crippen LogP contribution is -2.32. The number of hydrogen-bond donors (Lipinski definition) is 4. The van der Waals surface area contributed by atoms with Crippen molar-refractivity contribution in [1.29, 1.82) is 0 Å². The number of carboxylic acids is 1. The second kappa shape index (κ2) is 3.86. The van der Waals surface area contributed by atoms with Gasteiger partial charge >= 0.3 is 5.97 Å². The van der Waals surface area contributed by atoms with E-state index < -0.39 is 12.0 Å². The van der Waals surface area contributed by atoms with Gasteiger partial charge in [0.2, 0.25) is 0 Å². The smallest absolute Gasteiger partial charge is 0.320 e. The average molecular weight is 220 g/mol. The van der Waals surface area contributed by atoms with Crippen molar-refractivity contribution in [2.45, 2.75) is 12.5 Å². The summed E-state index contributed by atoms with van der Waals surface area (Å²) in [5.74, 6) is -0.845. The zero-order valence-corrected chi connectivity index (χ0v) is 8.47. The number of phenolic OH excluding ortho intramolecular Hbond substituents is 1. The van der Waals surface area contributed by atoms with Crippen molar-refractivity contribution in [2.24, 2.45) is 5.73 Å². The van der Waals surface area contributed by atoms with Gasteiger partial charge in [-0.15, -0.1) is 0 Å². The zero-order chi connectivity index (χ0) is 11.7. The van der Waals surface area contributed by atoms with Gasteiger partial charge in [0.15, 0.2) is 0 Å². The molecule has 0 aliphatic carbocycles. The largest absolute Gasteiger partial charge is 0.508 e. The van der Waals surface area contributed by atoms with E-state index in [-0.39, 0.29) is 12.2 Å². The number of nitrogens with two attached hydrogens (primary N) is 1. The van der Waals surface area contributed by atoms with Crippen LogP contribution in [0.1, 0.15) is 5.69 Å². The summed E-state index contributed by atoms with van der Waals surface area (Å²) in [7, 11) is 0. The monoisotopic (exact) mass is 220 g/mol. The molecule has 0 aliphatic heterocycles. The zero-order valence-electron chi connectivity index (χ0n) is 8.47. The number of aromatic nitrogens is 1. The number of nitrogens with one attached hydrogen (secondary N) is 1. The minimum atomic E-state index is -1.03. The van der Waals surface area contributed by atoms with Gasteiger partial charge in [0.25, 0.3) is 0 Å². The van der Waals surface area contributed by atoms with Crippen molar-refractivity contribution in [3.63, 3.8) is 0 Å². The van der Waals surface area contributed by atoms with Crippen LogP contribution in [0.2, 0.25) is 0 Å². The predicted molar refractivity (Wildman–Crippen MR) is 59.3 cm³/mol. The molecular weight excluding hydrogens is 208 g/mol. The Morgan fingerprint density at radius 2 is 2.19 bits per heavy atom. The Bertz CT molecular complexity index is 533. The number of aromatic hydroxyl groups is 1. The van der Waals surface area contributed by atoms with Crippen molar-refractivity contribution < 1.29 is 15.0 Å². The fourth-order valence-electron chi connectivity index (χ4n) is 1.61. The first-order valence-electron chi connectivity index (χ1n) is 4.85. The average Bonchev–Trinajstić information content (AvgIpc) is 2.58. The molecule has 5 N–H and O–H groups in total. The molecule has 0 radical (unpaired) electrons. The van der Waals surface area contributed by atoms with Gasteiger partial charge in [-0.1, -0.05) is 0 Å². The Labute approximate surface area is 91.5 Å². The van der Waals surface area contributed by atoms with E-state index >= 15 is 0 Å². The van der Waals surface area contributed by atoms with Crippen molar-refractivity contribution >= 4 is 16.9 Å². The fourth-order valence-corrected chi connectivity index (χ4v) is 1.61. The van der Waals surface area contributed by atoms with Gasteiger partial charge in [-0.05, 0) is 24.3 Å². The van der Waals surface area contributed by atoms with Crippen LogP contribution in [0, 0.1) is 0 Å². The molecule has 0 spiro atoms. The van der Waals surface area contributed by atoms with Crippen LogP contribution in [-0.2, 0) is 11.2 Å². The van der Waals surface area contributed by atoms with E-state index in [0.717, 1.165) is 16.6 Å². The van der Waals surface area contributed by atoms with Crippen LogP contribution in [0.25, 0.3) is 10.9 Å². The maximum absolute atomic E-state index is 10.6. The number of carbonyl (C=O) groups is 1. The molecule has 1 atom stereocenters. The minimum Gasteiger partial charge on any atom is -0.508 e. The van der Waals surface area contributed by atoms with E-state index in [1.165, 1.54) is 0 Å². The van der Waals surface area contributed by atoms with Gasteiger partial charge < -0.3 is 20.9 Å². The third-order valence-electron chi connectivity index (χ3n) is 2.42. The molecule has 16 heavy (non-hydrogen) atoms. The van der Waals surface area contributed by atoms with E-state index in [1.54, 1.807) is 24.3 Å². The molecular formula is C11H12N2O3. The van der Waals surface area contributed by atoms with Gasteiger partial charge in [-0.2, -0.15) is 0 Å². The normalized spacial score (nSPS) is 12.8. The second-order valence-electron chi connectivity index (χ2n) is 3.71. The summed E-state index contributed by atoms with van der Waals surface area (Å²) in [4.78, 5) is 13.6. The maximum Gasteiger partial charge on any atom is 0.320 e. The maximum atomic E-state index is 10.6. The molecule has 0 saturated heterocycles. The summed E-state index contributed by atoms with van der Waals surface area (Å²) in [5.41, 5.74) is 7.03. The van der Waals surface area contributed by atoms with Gasteiger partial charge in [0, 0.05) is 23.0 Å². The third-order valence-corrected chi connectivity index (χ3v) is 2.42. The molecule has 1 aromatic carbocycles. The van der Waals surface area contributed by atoms with Crippen LogP contribution in [0.5, 0.6) is 5.75 Å². The molecule has 2 rings (SSSR count). The topological polar surface area (TPSA) is 99.3 Å². The summed E-state index contributed by atoms with van der Waals surface area (Å²) in [6.45, 7) is 0. The molecule has 5 heteroatoms. The van der Waals surface area contributed by atoms with Gasteiger partial charge in [-0.3, -0.25) is 4.79 Å². The van der Waals surface area contributed by atoms with E-state index in [4.69, 9.17) is 10.8 Å². The SMILES string of the molecule is NC(Cc1cc2cc(O)ccc2[nH]1)C(=O)O. The van der Waals surface area contributed by atoms with Crippen molar-refractivity contribution in [2.75, 3.05) is 0 Å². The molecule has 1 unspecified atom stereocenters. The fraction of sp³-hybridized carbons (Fsp3) is 0.182. The molecule has 5 nitrogen and oxygen atoms in total. The Balaban J connectivity index is 2.29. The molecule has 2 aromatic rings. The van der Waals surface area contributed by atoms with E-state index in [2.05, 4.69) is 4.98 Å². The summed E-state index contributed by atoms with van der Waals surface area (Å²) >= 11 is 0. The Kier molecular flexibility index (Phi) is 2.54. The summed E-state index contributed by atoms with van der Waals surface area (Å²) in [6.07, 6.45) is 0.241. The predicted octanol–water partition coefficient (Wildman–Crippen LogP) is 0.828. The van der Waals surface area contributed by atoms with Gasteiger partial charge in [-0.25, -0.2) is 0 Å². The molecule has 1 aromatic heterocycles. The highest BCUT2D eigenvalue weighted by Gasteiger charge is 2.13. The number of aliphatic carboxylic acids is 1. The van der Waals surface area contributed by atoms with E-state index in [9.17, 15) is 9.90 Å². The first kappa shape index (κ1) is 10.5. The lowest BCUT2D eigenvalue weighted by molar-refractivity contribution is -0.138. The van der Waals surface area contributed by atoms with Crippen LogP contribution >= 0.6 is 0 Å². The molecule has 0 bridgehead atoms. The summed E-state index contributed by atoms with van der Waals surface area (Å²) in [6, 6.07) is 5.79. The molecule has 0 fully saturated rings. The number of aromatic amines is 1. The van der Waals surface area contributed by atoms with Gasteiger partial charge in [0.05, 0.1) is 0 Å². The Hall–Kier alpha value is -2.01. The van der Waals surface area contributed by atoms with Crippen LogP contribution in [-0.4, -0.2) is 27.2 Å². The van der Waals surface area contributed by atoms with Gasteiger partial charge in [0.1, 0.15) is 11.8 Å². The lowest BCUT2D eigenvalue weighted by Gasteiger charge is -2.02. The van der Waals surface area contributed by atoms with Crippen LogP contribution < -0.4 is 5.73 Å². The summed E-state index contributed by atoms with van der Waals surface area (Å²) in [5, 5.41) is 18.8. The minimum absolute atomic E-state index is 0.181. The third kappa shape index (κ3) is 1.99. The summed E-state index contributed by atoms with van der Waals surface area (Å²) < 4.78 is 0. The Morgan fingerprint density at radius 3 is 2.88 bits per heavy atom. The number of carboxylic acid groups (broad SMARTS) is 1. The van der Waals surface area contributed by atoms with E-state index in [0.29, 0.717) is 0 Å². The first-order chi connectivity index (χ1) is 7.56. The molecule has 0 amide bonds. The highest BCUT2D eigenvalue weighted by molar-refractivity contribution is 5.82. The number of benzene rings is 1. The highest BCUT2D eigenvalue weighted by atomic mass is 16.4. The molecule has 1 heterocycles. The lowest BCUT2D eigenvalue weighted by atomic mass is 10.1.